The van der Waals surface area contributed by atoms with Gasteiger partial charge in [-0.3, -0.25) is 24.1 Å². The van der Waals surface area contributed by atoms with Gasteiger partial charge in [0.2, 0.25) is 11.8 Å². The molecule has 1 aliphatic heterocycles. The molecule has 0 aromatic carbocycles. The smallest absolute Gasteiger partial charge is 0.326 e. The Labute approximate surface area is 191 Å². The summed E-state index contributed by atoms with van der Waals surface area (Å²) in [4.78, 5) is 70.8. The Hall–Kier alpha value is -3.48. The van der Waals surface area contributed by atoms with Crippen LogP contribution >= 0.6 is 0 Å². The maximum Gasteiger partial charge on any atom is 0.326 e. The van der Waals surface area contributed by atoms with Crippen molar-refractivity contribution in [3.05, 3.63) is 12.2 Å². The minimum atomic E-state index is -1.24. The Morgan fingerprint density at radius 1 is 1.09 bits per heavy atom. The number of nitrogens with two attached hydrogens (primary N) is 1. The van der Waals surface area contributed by atoms with E-state index >= 15 is 0 Å². The third kappa shape index (κ3) is 10.1. The molecular formula is C20H31N5O8. The van der Waals surface area contributed by atoms with Gasteiger partial charge in [0.1, 0.15) is 12.1 Å². The van der Waals surface area contributed by atoms with Gasteiger partial charge in [-0.05, 0) is 18.8 Å². The lowest BCUT2D eigenvalue weighted by Gasteiger charge is -2.24. The summed E-state index contributed by atoms with van der Waals surface area (Å²) in [7, 11) is 0. The van der Waals surface area contributed by atoms with Gasteiger partial charge in [-0.2, -0.15) is 0 Å². The van der Waals surface area contributed by atoms with Crippen molar-refractivity contribution in [1.29, 1.82) is 0 Å². The predicted octanol–water partition coefficient (Wildman–Crippen LogP) is -1.52. The summed E-state index contributed by atoms with van der Waals surface area (Å²) in [5.41, 5.74) is 4.94. The Morgan fingerprint density at radius 3 is 2.27 bits per heavy atom. The van der Waals surface area contributed by atoms with Crippen molar-refractivity contribution in [2.75, 3.05) is 26.3 Å². The zero-order valence-electron chi connectivity index (χ0n) is 18.7. The maximum atomic E-state index is 12.6. The number of nitrogens with one attached hydrogen (secondary N) is 3. The number of aliphatic carboxylic acids is 1. The van der Waals surface area contributed by atoms with Crippen molar-refractivity contribution >= 4 is 35.6 Å². The molecule has 0 radical (unpaired) electrons. The molecule has 6 amide bonds. The highest BCUT2D eigenvalue weighted by molar-refractivity contribution is 6.12. The Kier molecular flexibility index (Phi) is 11.5. The first-order chi connectivity index (χ1) is 15.5. The third-order valence-corrected chi connectivity index (χ3v) is 4.68. The average molecular weight is 469 g/mol. The Balaban J connectivity index is 2.43. The van der Waals surface area contributed by atoms with Crippen LogP contribution in [0.15, 0.2) is 12.2 Å². The lowest BCUT2D eigenvalue weighted by atomic mass is 10.0. The molecule has 1 rings (SSSR count). The number of rotatable bonds is 15. The van der Waals surface area contributed by atoms with Crippen LogP contribution in [0.3, 0.4) is 0 Å². The summed E-state index contributed by atoms with van der Waals surface area (Å²) in [5, 5.41) is 16.6. The van der Waals surface area contributed by atoms with Crippen LogP contribution in [0.1, 0.15) is 33.1 Å². The van der Waals surface area contributed by atoms with Crippen molar-refractivity contribution in [2.24, 2.45) is 11.7 Å². The number of imide groups is 1. The normalized spacial score (nSPS) is 14.8. The maximum absolute atomic E-state index is 12.6. The second-order valence-corrected chi connectivity index (χ2v) is 7.65. The van der Waals surface area contributed by atoms with Crippen LogP contribution in [-0.4, -0.2) is 84.0 Å². The summed E-state index contributed by atoms with van der Waals surface area (Å²) < 4.78 is 5.28. The molecule has 0 aromatic heterocycles. The predicted molar refractivity (Wildman–Crippen MR) is 114 cm³/mol. The van der Waals surface area contributed by atoms with Crippen LogP contribution in [0.4, 0.5) is 4.79 Å². The molecule has 33 heavy (non-hydrogen) atoms. The van der Waals surface area contributed by atoms with Crippen LogP contribution in [0.2, 0.25) is 0 Å². The van der Waals surface area contributed by atoms with Gasteiger partial charge in [-0.25, -0.2) is 9.59 Å². The van der Waals surface area contributed by atoms with E-state index in [0.29, 0.717) is 0 Å². The van der Waals surface area contributed by atoms with Crippen LogP contribution < -0.4 is 21.7 Å². The zero-order chi connectivity index (χ0) is 25.0. The second kappa shape index (κ2) is 13.8. The zero-order valence-corrected chi connectivity index (χ0v) is 18.7. The second-order valence-electron chi connectivity index (χ2n) is 7.65. The number of carbonyl (C=O) groups is 6. The molecular weight excluding hydrogens is 438 g/mol. The number of hydrogen-bond donors (Lipinski definition) is 5. The number of hydrogen-bond acceptors (Lipinski definition) is 7. The quantitative estimate of drug-likeness (QED) is 0.141. The molecule has 0 unspecified atom stereocenters. The fourth-order valence-corrected chi connectivity index (χ4v) is 2.89. The Morgan fingerprint density at radius 2 is 1.73 bits per heavy atom. The molecule has 0 aliphatic carbocycles. The topological polar surface area (TPSA) is 197 Å². The molecule has 2 atom stereocenters. The lowest BCUT2D eigenvalue weighted by molar-refractivity contribution is -0.142. The van der Waals surface area contributed by atoms with Crippen LogP contribution in [0.5, 0.6) is 0 Å². The highest BCUT2D eigenvalue weighted by Crippen LogP contribution is 2.06. The third-order valence-electron chi connectivity index (χ3n) is 4.68. The van der Waals surface area contributed by atoms with Gasteiger partial charge in [0.15, 0.2) is 0 Å². The fraction of sp³-hybridized carbons (Fsp3) is 0.600. The summed E-state index contributed by atoms with van der Waals surface area (Å²) >= 11 is 0. The van der Waals surface area contributed by atoms with E-state index in [0.717, 1.165) is 4.90 Å². The molecule has 1 aliphatic rings. The van der Waals surface area contributed by atoms with Crippen LogP contribution in [0.25, 0.3) is 0 Å². The number of carboxylic acids is 1. The molecule has 6 N–H and O–H groups in total. The van der Waals surface area contributed by atoms with Crippen LogP contribution in [0, 0.1) is 5.92 Å². The SMILES string of the molecule is CC(C)[C@@H](NC(=O)CCOCCN1C(=O)C=CC1=O)C(=O)N[C@@H](CCCNC(N)=O)C(=O)O. The van der Waals surface area contributed by atoms with Gasteiger partial charge in [0.25, 0.3) is 11.8 Å². The standard InChI is InChI=1S/C20H31N5O8/c1-12(2)17(18(29)23-13(19(30)31)4-3-8-22-20(21)32)24-14(26)7-10-33-11-9-25-15(27)5-6-16(25)28/h5-6,12-13,17H,3-4,7-11H2,1-2H3,(H,23,29)(H,24,26)(H,30,31)(H3,21,22,32)/t13-,17+/m0/s1. The molecule has 1 heterocycles. The number of primary amides is 1. The first kappa shape index (κ1) is 27.6. The van der Waals surface area contributed by atoms with Gasteiger partial charge in [-0.1, -0.05) is 13.8 Å². The average Bonchev–Trinajstić information content (AvgIpc) is 3.05. The Bertz CT molecular complexity index is 764. The van der Waals surface area contributed by atoms with E-state index in [1.807, 2.05) is 0 Å². The van der Waals surface area contributed by atoms with Gasteiger partial charge in [-0.15, -0.1) is 0 Å². The van der Waals surface area contributed by atoms with E-state index in [4.69, 9.17) is 10.5 Å². The highest BCUT2D eigenvalue weighted by Gasteiger charge is 2.28. The minimum absolute atomic E-state index is 0.00648. The van der Waals surface area contributed by atoms with Crippen molar-refractivity contribution in [1.82, 2.24) is 20.9 Å². The molecule has 184 valence electrons. The highest BCUT2D eigenvalue weighted by atomic mass is 16.5. The van der Waals surface area contributed by atoms with Crippen molar-refractivity contribution < 1.29 is 38.6 Å². The molecule has 13 nitrogen and oxygen atoms in total. The van der Waals surface area contributed by atoms with E-state index in [1.54, 1.807) is 13.8 Å². The van der Waals surface area contributed by atoms with Crippen molar-refractivity contribution in [3.63, 3.8) is 0 Å². The van der Waals surface area contributed by atoms with Crippen LogP contribution in [-0.2, 0) is 28.7 Å². The first-order valence-corrected chi connectivity index (χ1v) is 10.5. The molecule has 0 spiro atoms. The van der Waals surface area contributed by atoms with Gasteiger partial charge in [0.05, 0.1) is 19.8 Å². The summed E-state index contributed by atoms with van der Waals surface area (Å²) in [5.74, 6) is -3.52. The van der Waals surface area contributed by atoms with Crippen molar-refractivity contribution in [2.45, 2.75) is 45.2 Å². The van der Waals surface area contributed by atoms with Gasteiger partial charge < -0.3 is 31.5 Å². The van der Waals surface area contributed by atoms with E-state index in [2.05, 4.69) is 16.0 Å². The van der Waals surface area contributed by atoms with E-state index < -0.39 is 47.7 Å². The largest absolute Gasteiger partial charge is 0.480 e. The molecule has 0 bridgehead atoms. The number of amides is 6. The van der Waals surface area contributed by atoms with Gasteiger partial charge in [0, 0.05) is 25.1 Å². The lowest BCUT2D eigenvalue weighted by Crippen LogP contribution is -2.53. The summed E-state index contributed by atoms with van der Waals surface area (Å²) in [6, 6.07) is -2.89. The number of carboxylic acid groups (broad SMARTS) is 1. The van der Waals surface area contributed by atoms with Gasteiger partial charge >= 0.3 is 12.0 Å². The van der Waals surface area contributed by atoms with E-state index in [-0.39, 0.29) is 51.5 Å². The molecule has 0 aromatic rings. The molecule has 0 fully saturated rings. The molecule has 0 saturated carbocycles. The first-order valence-electron chi connectivity index (χ1n) is 10.5. The molecule has 13 heteroatoms. The monoisotopic (exact) mass is 469 g/mol. The summed E-state index contributed by atoms with van der Waals surface area (Å²) in [6.45, 7) is 3.69. The summed E-state index contributed by atoms with van der Waals surface area (Å²) in [6.07, 6.45) is 2.60. The van der Waals surface area contributed by atoms with E-state index in [9.17, 15) is 33.9 Å². The number of ether oxygens (including phenoxy) is 1. The fourth-order valence-electron chi connectivity index (χ4n) is 2.89. The minimum Gasteiger partial charge on any atom is -0.480 e. The number of nitrogens with zero attached hydrogens (tertiary/aromatic N) is 1. The van der Waals surface area contributed by atoms with Crippen molar-refractivity contribution in [3.8, 4) is 0 Å². The number of carbonyl (C=O) groups excluding carboxylic acids is 5. The number of urea groups is 1. The molecule has 0 saturated heterocycles. The van der Waals surface area contributed by atoms with E-state index in [1.165, 1.54) is 12.2 Å².